The third-order valence-electron chi connectivity index (χ3n) is 5.81. The lowest BCUT2D eigenvalue weighted by atomic mass is 9.62. The van der Waals surface area contributed by atoms with Crippen LogP contribution in [0, 0.1) is 5.92 Å². The Labute approximate surface area is 163 Å². The van der Waals surface area contributed by atoms with Crippen LogP contribution in [-0.4, -0.2) is 0 Å². The molecule has 2 atom stereocenters. The lowest BCUT2D eigenvalue weighted by Crippen LogP contribution is -2.35. The molecular formula is C25H19Br. The molecule has 3 aromatic rings. The largest absolute Gasteiger partial charge is 0.0839 e. The van der Waals surface area contributed by atoms with Crippen LogP contribution in [0.3, 0.4) is 0 Å². The summed E-state index contributed by atoms with van der Waals surface area (Å²) in [6, 6.07) is 26.7. The Bertz CT molecular complexity index is 1030. The zero-order valence-corrected chi connectivity index (χ0v) is 16.0. The average Bonchev–Trinajstić information content (AvgIpc) is 3.00. The lowest BCUT2D eigenvalue weighted by molar-refractivity contribution is 0.457. The molecule has 0 N–H and O–H groups in total. The van der Waals surface area contributed by atoms with Gasteiger partial charge in [0.1, 0.15) is 0 Å². The van der Waals surface area contributed by atoms with Crippen LogP contribution in [0.5, 0.6) is 0 Å². The first-order valence-electron chi connectivity index (χ1n) is 9.10. The molecule has 0 heterocycles. The molecule has 2 aliphatic rings. The maximum absolute atomic E-state index is 3.73. The molecule has 3 aromatic carbocycles. The fourth-order valence-electron chi connectivity index (χ4n) is 4.81. The summed E-state index contributed by atoms with van der Waals surface area (Å²) in [5.41, 5.74) is 6.76. The highest BCUT2D eigenvalue weighted by Gasteiger charge is 2.48. The lowest BCUT2D eigenvalue weighted by Gasteiger charge is -2.39. The highest BCUT2D eigenvalue weighted by Crippen LogP contribution is 2.58. The Kier molecular flexibility index (Phi) is 3.72. The fraction of sp³-hybridized carbons (Fsp3) is 0.120. The van der Waals surface area contributed by atoms with E-state index in [0.717, 1.165) is 10.9 Å². The van der Waals surface area contributed by atoms with Crippen molar-refractivity contribution in [2.24, 2.45) is 5.92 Å². The van der Waals surface area contributed by atoms with Crippen LogP contribution in [0.15, 0.2) is 102 Å². The van der Waals surface area contributed by atoms with Gasteiger partial charge < -0.3 is 0 Å². The Hall–Kier alpha value is -2.38. The smallest absolute Gasteiger partial charge is 0.0529 e. The minimum atomic E-state index is -0.155. The molecule has 0 spiro atoms. The Morgan fingerprint density at radius 2 is 1.54 bits per heavy atom. The van der Waals surface area contributed by atoms with Gasteiger partial charge in [-0.05, 0) is 52.3 Å². The van der Waals surface area contributed by atoms with Gasteiger partial charge in [0.15, 0.2) is 0 Å². The summed E-state index contributed by atoms with van der Waals surface area (Å²) in [5, 5.41) is 0. The first-order valence-corrected chi connectivity index (χ1v) is 9.90. The van der Waals surface area contributed by atoms with E-state index in [1.165, 1.54) is 27.8 Å². The molecule has 2 unspecified atom stereocenters. The van der Waals surface area contributed by atoms with E-state index in [1.807, 2.05) is 0 Å². The summed E-state index contributed by atoms with van der Waals surface area (Å²) in [6.45, 7) is 0. The molecule has 0 aliphatic heterocycles. The van der Waals surface area contributed by atoms with E-state index in [-0.39, 0.29) is 5.41 Å². The van der Waals surface area contributed by atoms with Crippen molar-refractivity contribution in [2.75, 3.05) is 0 Å². The molecule has 0 amide bonds. The second kappa shape index (κ2) is 6.10. The van der Waals surface area contributed by atoms with Gasteiger partial charge in [-0.25, -0.2) is 0 Å². The predicted octanol–water partition coefficient (Wildman–Crippen LogP) is 6.90. The molecule has 0 nitrogen and oxygen atoms in total. The topological polar surface area (TPSA) is 0 Å². The van der Waals surface area contributed by atoms with E-state index < -0.39 is 0 Å². The van der Waals surface area contributed by atoms with E-state index in [4.69, 9.17) is 0 Å². The maximum atomic E-state index is 3.73. The molecular weight excluding hydrogens is 380 g/mol. The number of benzene rings is 3. The summed E-state index contributed by atoms with van der Waals surface area (Å²) in [7, 11) is 0. The van der Waals surface area contributed by atoms with Crippen LogP contribution >= 0.6 is 15.9 Å². The quantitative estimate of drug-likeness (QED) is 0.440. The number of hydrogen-bond acceptors (Lipinski definition) is 0. The third-order valence-corrected chi connectivity index (χ3v) is 6.31. The molecule has 126 valence electrons. The van der Waals surface area contributed by atoms with Gasteiger partial charge in [0.25, 0.3) is 0 Å². The van der Waals surface area contributed by atoms with Crippen molar-refractivity contribution >= 4 is 15.9 Å². The van der Waals surface area contributed by atoms with E-state index in [9.17, 15) is 0 Å². The van der Waals surface area contributed by atoms with Gasteiger partial charge in [-0.1, -0.05) is 101 Å². The average molecular weight is 399 g/mol. The van der Waals surface area contributed by atoms with Crippen LogP contribution < -0.4 is 0 Å². The molecule has 0 bridgehead atoms. The van der Waals surface area contributed by atoms with E-state index in [2.05, 4.69) is 113 Å². The Morgan fingerprint density at radius 3 is 2.35 bits per heavy atom. The predicted molar refractivity (Wildman–Crippen MR) is 112 cm³/mol. The zero-order valence-electron chi connectivity index (χ0n) is 14.4. The highest BCUT2D eigenvalue weighted by atomic mass is 79.9. The second-order valence-corrected chi connectivity index (χ2v) is 7.98. The zero-order chi connectivity index (χ0) is 17.6. The third kappa shape index (κ3) is 2.13. The summed E-state index contributed by atoms with van der Waals surface area (Å²) >= 11 is 3.73. The van der Waals surface area contributed by atoms with Crippen molar-refractivity contribution in [3.63, 3.8) is 0 Å². The summed E-state index contributed by atoms with van der Waals surface area (Å²) in [5.74, 6) is 0.395. The van der Waals surface area contributed by atoms with Gasteiger partial charge in [-0.15, -0.1) is 0 Å². The van der Waals surface area contributed by atoms with E-state index >= 15 is 0 Å². The van der Waals surface area contributed by atoms with Gasteiger partial charge in [0.05, 0.1) is 5.41 Å². The van der Waals surface area contributed by atoms with E-state index in [0.29, 0.717) is 5.92 Å². The fourth-order valence-corrected chi connectivity index (χ4v) is 5.17. The number of hydrogen-bond donors (Lipinski definition) is 0. The van der Waals surface area contributed by atoms with Gasteiger partial charge >= 0.3 is 0 Å². The number of halogens is 1. The molecule has 0 radical (unpaired) electrons. The SMILES string of the molecule is Brc1ccc2c(c1)C(c1ccccc1)(C1C=CC=CC1)c1ccccc1-2. The summed E-state index contributed by atoms with van der Waals surface area (Å²) in [4.78, 5) is 0. The van der Waals surface area contributed by atoms with Crippen LogP contribution in [-0.2, 0) is 5.41 Å². The molecule has 1 heteroatoms. The molecule has 0 fully saturated rings. The first-order chi connectivity index (χ1) is 12.8. The van der Waals surface area contributed by atoms with Gasteiger partial charge in [0.2, 0.25) is 0 Å². The van der Waals surface area contributed by atoms with Crippen molar-refractivity contribution in [1.82, 2.24) is 0 Å². The molecule has 0 saturated carbocycles. The van der Waals surface area contributed by atoms with Crippen molar-refractivity contribution in [3.05, 3.63) is 118 Å². The maximum Gasteiger partial charge on any atom is 0.0529 e. The van der Waals surface area contributed by atoms with Crippen molar-refractivity contribution < 1.29 is 0 Å². The van der Waals surface area contributed by atoms with Crippen LogP contribution in [0.1, 0.15) is 23.1 Å². The minimum absolute atomic E-state index is 0.155. The van der Waals surface area contributed by atoms with Crippen LogP contribution in [0.4, 0.5) is 0 Å². The molecule has 0 saturated heterocycles. The Balaban J connectivity index is 1.92. The second-order valence-electron chi connectivity index (χ2n) is 7.06. The number of fused-ring (bicyclic) bond motifs is 3. The standard InChI is InChI=1S/C25H19Br/c26-20-15-16-22-21-13-7-8-14-23(21)25(24(22)17-20,18-9-3-1-4-10-18)19-11-5-2-6-12-19/h1-11,13-17,19H,12H2. The highest BCUT2D eigenvalue weighted by molar-refractivity contribution is 9.10. The van der Waals surface area contributed by atoms with Gasteiger partial charge in [0, 0.05) is 4.47 Å². The monoisotopic (exact) mass is 398 g/mol. The summed E-state index contributed by atoms with van der Waals surface area (Å²) in [6.07, 6.45) is 10.1. The van der Waals surface area contributed by atoms with Crippen molar-refractivity contribution in [3.8, 4) is 11.1 Å². The minimum Gasteiger partial charge on any atom is -0.0839 e. The Morgan fingerprint density at radius 1 is 0.769 bits per heavy atom. The van der Waals surface area contributed by atoms with E-state index in [1.54, 1.807) is 0 Å². The molecule has 26 heavy (non-hydrogen) atoms. The van der Waals surface area contributed by atoms with Crippen molar-refractivity contribution in [2.45, 2.75) is 11.8 Å². The first kappa shape index (κ1) is 15.8. The van der Waals surface area contributed by atoms with Crippen LogP contribution in [0.25, 0.3) is 11.1 Å². The number of rotatable bonds is 2. The molecule has 0 aromatic heterocycles. The summed E-state index contributed by atoms with van der Waals surface area (Å²) < 4.78 is 1.14. The van der Waals surface area contributed by atoms with Gasteiger partial charge in [-0.3, -0.25) is 0 Å². The number of allylic oxidation sites excluding steroid dienone is 4. The van der Waals surface area contributed by atoms with Crippen LogP contribution in [0.2, 0.25) is 0 Å². The van der Waals surface area contributed by atoms with Gasteiger partial charge in [-0.2, -0.15) is 0 Å². The van der Waals surface area contributed by atoms with Crippen molar-refractivity contribution in [1.29, 1.82) is 0 Å². The molecule has 2 aliphatic carbocycles. The normalized spacial score (nSPS) is 22.9. The molecule has 5 rings (SSSR count).